The van der Waals surface area contributed by atoms with E-state index < -0.39 is 17.9 Å². The van der Waals surface area contributed by atoms with Gasteiger partial charge in [-0.3, -0.25) is 9.59 Å². The maximum Gasteiger partial charge on any atom is 0.361 e. The molecule has 0 bridgehead atoms. The van der Waals surface area contributed by atoms with Crippen molar-refractivity contribution in [3.63, 3.8) is 0 Å². The number of H-pyrrole nitrogens is 3. The number of carboxylic acid groups (broad SMARTS) is 1. The third kappa shape index (κ3) is 31.1. The van der Waals surface area contributed by atoms with Gasteiger partial charge in [-0.05, 0) is 195 Å². The topological polar surface area (TPSA) is 418 Å². The van der Waals surface area contributed by atoms with Crippen molar-refractivity contribution in [1.82, 2.24) is 71.9 Å². The van der Waals surface area contributed by atoms with Crippen molar-refractivity contribution in [2.24, 2.45) is 5.73 Å². The molecule has 0 aliphatic rings. The van der Waals surface area contributed by atoms with E-state index in [1.54, 1.807) is 121 Å². The fraction of sp³-hybridized carbons (Fsp3) is 0.175. The molecule has 0 amide bonds. The molecule has 7 aromatic carbocycles. The maximum absolute atomic E-state index is 12.5. The number of benzene rings is 7. The zero-order chi connectivity index (χ0) is 91.7. The van der Waals surface area contributed by atoms with E-state index in [2.05, 4.69) is 96.9 Å². The lowest BCUT2D eigenvalue weighted by atomic mass is 10.1. The number of thiocarbonyl (C=S) groups is 1. The lowest BCUT2D eigenvalue weighted by Crippen LogP contribution is -2.08. The molecule has 47 heteroatoms. The number of esters is 2. The maximum atomic E-state index is 12.5. The smallest absolute Gasteiger partial charge is 0.361 e. The average Bonchev–Trinajstić information content (AvgIpc) is 1.67. The van der Waals surface area contributed by atoms with Crippen LogP contribution in [0.5, 0.6) is 40.2 Å². The summed E-state index contributed by atoms with van der Waals surface area (Å²) in [7, 11) is 11.0. The first kappa shape index (κ1) is 105. The van der Waals surface area contributed by atoms with Crippen molar-refractivity contribution >= 4 is 237 Å². The van der Waals surface area contributed by atoms with E-state index in [1.807, 2.05) is 88.3 Å². The van der Waals surface area contributed by atoms with E-state index in [0.29, 0.717) is 102 Å². The summed E-state index contributed by atoms with van der Waals surface area (Å²) in [6, 6.07) is 39.6. The van der Waals surface area contributed by atoms with Gasteiger partial charge in [0.15, 0.2) is 38.6 Å². The van der Waals surface area contributed by atoms with Crippen molar-refractivity contribution in [3.8, 4) is 85.3 Å². The molecule has 9 N–H and O–H groups in total. The Labute approximate surface area is 810 Å². The Bertz CT molecular complexity index is 6120. The van der Waals surface area contributed by atoms with Crippen LogP contribution in [0, 0.1) is 3.95 Å². The number of thiol groups is 1. The molecule has 30 nitrogen and oxygen atoms in total. The Morgan fingerprint density at radius 2 is 0.890 bits per heavy atom. The molecule has 0 atom stereocenters. The SMILES string of the molecule is CCOC(=O)c1n[nH]nc1Sc1nc(-c2ccc(OC)c(Cl)c2)cs1.CCOC(=O)c1nnn(Cc2ccc(OC)cc2)c1Sc1nc(-c2ccc(OC)c(Cl)c2)cs1.COc1ccc(-c2csc(=S)[nH]2)cc1Cl.COc1ccc(-c2csc(Sc3n[nH]nc3C(=O)O)n2)cc1Cl.COc1ccc(C(=O)CBr)cc1Cl.COc1ccc(C(C)=O)cc1Cl.N.NC(=S)S. The third-order valence-electron chi connectivity index (χ3n) is 15.8. The molecule has 7 aromatic heterocycles. The normalized spacial score (nSPS) is 10.3. The highest BCUT2D eigenvalue weighted by atomic mass is 79.9. The summed E-state index contributed by atoms with van der Waals surface area (Å²) in [5.74, 6) is 2.22. The Morgan fingerprint density at radius 1 is 0.512 bits per heavy atom. The molecule has 127 heavy (non-hydrogen) atoms. The fourth-order valence-corrected chi connectivity index (χ4v) is 18.0. The molecule has 0 saturated carbocycles. The van der Waals surface area contributed by atoms with Crippen molar-refractivity contribution in [2.45, 2.75) is 55.4 Å². The second-order valence-corrected chi connectivity index (χ2v) is 35.9. The molecule has 0 saturated heterocycles. The van der Waals surface area contributed by atoms with Crippen LogP contribution in [0.3, 0.4) is 0 Å². The number of nitrogens with zero attached hydrogens (tertiary/aromatic N) is 10. The number of methoxy groups -OCH3 is 7. The van der Waals surface area contributed by atoms with Crippen molar-refractivity contribution in [3.05, 3.63) is 223 Å². The van der Waals surface area contributed by atoms with Gasteiger partial charge in [-0.15, -0.1) is 83.5 Å². The van der Waals surface area contributed by atoms with Gasteiger partial charge in [0.25, 0.3) is 0 Å². The van der Waals surface area contributed by atoms with Crippen molar-refractivity contribution < 1.29 is 71.7 Å². The van der Waals surface area contributed by atoms with Crippen molar-refractivity contribution in [1.29, 1.82) is 0 Å². The van der Waals surface area contributed by atoms with Crippen LogP contribution in [-0.2, 0) is 16.0 Å². The predicted molar refractivity (Wildman–Crippen MR) is 515 cm³/mol. The summed E-state index contributed by atoms with van der Waals surface area (Å²) < 4.78 is 50.6. The first-order chi connectivity index (χ1) is 60.5. The highest BCUT2D eigenvalue weighted by Gasteiger charge is 2.26. The van der Waals surface area contributed by atoms with Gasteiger partial charge in [-0.25, -0.2) is 34.0 Å². The number of halogens is 7. The number of nitrogens with one attached hydrogen (secondary N) is 3. The molecule has 14 aromatic rings. The van der Waals surface area contributed by atoms with Crippen molar-refractivity contribution in [2.75, 3.05) is 68.3 Å². The van der Waals surface area contributed by atoms with Crippen LogP contribution in [0.4, 0.5) is 0 Å². The molecule has 0 radical (unpaired) electrons. The molecule has 0 fully saturated rings. The van der Waals surface area contributed by atoms with Crippen LogP contribution < -0.4 is 45.0 Å². The Morgan fingerprint density at radius 3 is 1.27 bits per heavy atom. The lowest BCUT2D eigenvalue weighted by molar-refractivity contribution is 0.0505. The molecule has 0 aliphatic heterocycles. The monoisotopic (exact) mass is 2090 g/mol. The number of aromatic amines is 3. The van der Waals surface area contributed by atoms with Crippen LogP contribution in [0.1, 0.15) is 78.5 Å². The number of ether oxygens (including phenoxy) is 9. The summed E-state index contributed by atoms with van der Waals surface area (Å²) in [5, 5.41) is 49.6. The average molecular weight is 2100 g/mol. The summed E-state index contributed by atoms with van der Waals surface area (Å²) in [4.78, 5) is 74.3. The van der Waals surface area contributed by atoms with Gasteiger partial charge in [-0.1, -0.05) is 115 Å². The number of carbonyl (C=O) groups is 5. The molecule has 0 aliphatic carbocycles. The minimum atomic E-state index is -1.14. The number of thiazole rings is 4. The van der Waals surface area contributed by atoms with Crippen LogP contribution in [-0.4, -0.2) is 173 Å². The number of rotatable bonds is 27. The van der Waals surface area contributed by atoms with Gasteiger partial charge in [0.2, 0.25) is 17.1 Å². The Balaban J connectivity index is 0.000000214. The number of carboxylic acids is 1. The minimum Gasteiger partial charge on any atom is -0.497 e. The predicted octanol–water partition coefficient (Wildman–Crippen LogP) is 22.7. The summed E-state index contributed by atoms with van der Waals surface area (Å²) in [6.45, 7) is 5.92. The van der Waals surface area contributed by atoms with Crippen LogP contribution in [0.2, 0.25) is 30.1 Å². The first-order valence-corrected chi connectivity index (χ1v) is 46.3. The number of ketones is 2. The zero-order valence-electron chi connectivity index (χ0n) is 68.0. The van der Waals surface area contributed by atoms with Gasteiger partial charge in [0, 0.05) is 54.9 Å². The fourth-order valence-electron chi connectivity index (χ4n) is 9.89. The number of nitrogens with two attached hydrogens (primary N) is 1. The number of carbonyl (C=O) groups excluding carboxylic acids is 4. The van der Waals surface area contributed by atoms with E-state index in [4.69, 9.17) is 140 Å². The van der Waals surface area contributed by atoms with E-state index >= 15 is 0 Å². The van der Waals surface area contributed by atoms with Gasteiger partial charge in [0.05, 0.1) is 128 Å². The lowest BCUT2D eigenvalue weighted by Gasteiger charge is -2.07. The first-order valence-electron chi connectivity index (χ1n) is 35.6. The van der Waals surface area contributed by atoms with Crippen LogP contribution >= 0.6 is 203 Å². The molecule has 0 spiro atoms. The van der Waals surface area contributed by atoms with E-state index in [0.717, 1.165) is 80.7 Å². The zero-order valence-corrected chi connectivity index (χ0v) is 82.4. The molecule has 668 valence electrons. The third-order valence-corrected chi connectivity index (χ3v) is 25.0. The number of Topliss-reactive ketones (excluding diaryl/α,β-unsaturated/α-hetero) is 2. The second-order valence-electron chi connectivity index (χ2n) is 23.9. The van der Waals surface area contributed by atoms with E-state index in [9.17, 15) is 24.0 Å². The Hall–Kier alpha value is -9.48. The number of aromatic nitrogens is 13. The summed E-state index contributed by atoms with van der Waals surface area (Å²) in [5.41, 5.74) is 13.9. The quantitative estimate of drug-likeness (QED) is 0.00826. The van der Waals surface area contributed by atoms with E-state index in [-0.39, 0.29) is 57.4 Å². The van der Waals surface area contributed by atoms with Gasteiger partial charge >= 0.3 is 17.9 Å². The van der Waals surface area contributed by atoms with Gasteiger partial charge in [0.1, 0.15) is 49.6 Å². The Kier molecular flexibility index (Phi) is 43.5. The van der Waals surface area contributed by atoms with Gasteiger partial charge < -0.3 is 64.6 Å². The molecule has 14 rings (SSSR count). The summed E-state index contributed by atoms with van der Waals surface area (Å²) in [6.07, 6.45) is 0. The van der Waals surface area contributed by atoms with Crippen LogP contribution in [0.15, 0.2) is 183 Å². The van der Waals surface area contributed by atoms with Gasteiger partial charge in [-0.2, -0.15) is 10.4 Å². The number of aromatic carboxylic acids is 1. The largest absolute Gasteiger partial charge is 0.497 e. The highest BCUT2D eigenvalue weighted by molar-refractivity contribution is 9.09. The molecule has 7 heterocycles. The molecular formula is C80H74BrCl6N15O15S10. The number of alkyl halides is 1. The van der Waals surface area contributed by atoms with Crippen LogP contribution in [0.25, 0.3) is 45.0 Å². The number of hydrogen-bond donors (Lipinski definition) is 7. The molecule has 0 unspecified atom stereocenters. The minimum absolute atomic E-state index is 0. The number of hydrogen-bond acceptors (Lipinski definition) is 33. The second kappa shape index (κ2) is 52.9. The summed E-state index contributed by atoms with van der Waals surface area (Å²) >= 11 is 61.4. The highest BCUT2D eigenvalue weighted by Crippen LogP contribution is 2.41. The standard InChI is InChI=1S/C23H21ClN4O4S2.C15H13ClN4O3S2.C13H9ClN4O3S2.C10H8ClNOS2.C9H8BrClO2.C9H9ClO2.CH3NS2.H3N/c1-4-32-22(29)20-21(28(27-26-20)12-14-5-8-16(30-2)9-6-14)34-23-25-18(13-33-23)15-7-10-19(31-3)17(24)11-15;1-3-23-14(21)12-13(19-20-18-12)25-15-17-10(7-24-15)8-4-5-11(22-2)9(16)6-8;1-21-9-3-2-6(4-7(9)14)8-5-22-13(15-8)23-11-10(12(19)20)16-18-17-11;1-13-9-3-2-6(4-7(9)11)8-5-15-10(14)12-8;1-13-9-3-2-6(4-7(9)11)8(12)5-10;1-6(11)7-3-4-9(12-2)8(10)5-7;2-1(3)4;/h5-11,13H,4,12H2,1-3H3;4-7H,3H2,1-2H3,(H,18,19,20);2-5H,1H3,(H,19,20)(H,16,17,18);2-5H,1H3,(H,12,14);2-4H,5H2,1H3;3-5H,1-2H3;(H3,2,3,4);1H3. The van der Waals surface area contributed by atoms with E-state index in [1.165, 1.54) is 90.0 Å². The molecular weight excluding hydrogens is 2020 g/mol.